The average molecular weight is 308 g/mol. The molecular formula is C12H13FN6OS. The molecule has 0 fully saturated rings. The Morgan fingerprint density at radius 1 is 1.14 bits per heavy atom. The van der Waals surface area contributed by atoms with Crippen molar-refractivity contribution < 1.29 is 9.18 Å². The monoisotopic (exact) mass is 308 g/mol. The highest BCUT2D eigenvalue weighted by molar-refractivity contribution is 7.99. The van der Waals surface area contributed by atoms with E-state index in [0.29, 0.717) is 6.54 Å². The van der Waals surface area contributed by atoms with Crippen molar-refractivity contribution in [2.45, 2.75) is 11.7 Å². The number of aromatic nitrogens is 3. The van der Waals surface area contributed by atoms with Crippen molar-refractivity contribution in [1.29, 1.82) is 0 Å². The summed E-state index contributed by atoms with van der Waals surface area (Å²) in [6.07, 6.45) is 0. The van der Waals surface area contributed by atoms with Crippen molar-refractivity contribution in [2.24, 2.45) is 0 Å². The molecule has 21 heavy (non-hydrogen) atoms. The molecule has 0 bridgehead atoms. The van der Waals surface area contributed by atoms with Crippen LogP contribution in [0.3, 0.4) is 0 Å². The van der Waals surface area contributed by atoms with Gasteiger partial charge in [-0.05, 0) is 17.7 Å². The highest BCUT2D eigenvalue weighted by Gasteiger charge is 2.07. The molecule has 110 valence electrons. The van der Waals surface area contributed by atoms with Crippen LogP contribution < -0.4 is 16.8 Å². The van der Waals surface area contributed by atoms with Crippen LogP contribution in [0.15, 0.2) is 29.4 Å². The van der Waals surface area contributed by atoms with Gasteiger partial charge in [-0.3, -0.25) is 4.79 Å². The van der Waals surface area contributed by atoms with Crippen LogP contribution in [0.25, 0.3) is 0 Å². The van der Waals surface area contributed by atoms with E-state index in [1.54, 1.807) is 12.1 Å². The van der Waals surface area contributed by atoms with Gasteiger partial charge in [0.05, 0.1) is 5.75 Å². The fourth-order valence-electron chi connectivity index (χ4n) is 1.44. The minimum absolute atomic E-state index is 0.0109. The number of thioether (sulfide) groups is 1. The lowest BCUT2D eigenvalue weighted by atomic mass is 10.2. The molecular weight excluding hydrogens is 295 g/mol. The summed E-state index contributed by atoms with van der Waals surface area (Å²) in [5, 5.41) is 2.99. The van der Waals surface area contributed by atoms with Crippen molar-refractivity contribution in [3.63, 3.8) is 0 Å². The number of carbonyl (C=O) groups is 1. The summed E-state index contributed by atoms with van der Waals surface area (Å²) in [4.78, 5) is 23.0. The van der Waals surface area contributed by atoms with Crippen LogP contribution in [-0.4, -0.2) is 26.6 Å². The normalized spacial score (nSPS) is 10.3. The summed E-state index contributed by atoms with van der Waals surface area (Å²) in [6.45, 7) is 0.321. The number of amides is 1. The lowest BCUT2D eigenvalue weighted by Crippen LogP contribution is -2.24. The zero-order chi connectivity index (χ0) is 15.2. The van der Waals surface area contributed by atoms with E-state index in [0.717, 1.165) is 17.3 Å². The van der Waals surface area contributed by atoms with Gasteiger partial charge in [-0.1, -0.05) is 23.9 Å². The molecule has 1 aromatic carbocycles. The number of nitrogens with zero attached hydrogens (tertiary/aromatic N) is 3. The SMILES string of the molecule is Nc1nc(N)nc(SCC(=O)NCc2ccc(F)cc2)n1. The number of anilines is 2. The first kappa shape index (κ1) is 15.0. The third kappa shape index (κ3) is 4.88. The number of rotatable bonds is 5. The topological polar surface area (TPSA) is 120 Å². The van der Waals surface area contributed by atoms with E-state index < -0.39 is 0 Å². The molecule has 1 heterocycles. The van der Waals surface area contributed by atoms with Gasteiger partial charge in [0.2, 0.25) is 17.8 Å². The van der Waals surface area contributed by atoms with Crippen LogP contribution in [0.4, 0.5) is 16.3 Å². The summed E-state index contributed by atoms with van der Waals surface area (Å²) in [6, 6.07) is 5.89. The molecule has 9 heteroatoms. The van der Waals surface area contributed by atoms with Gasteiger partial charge in [0.15, 0.2) is 5.16 Å². The number of carbonyl (C=O) groups excluding carboxylic acids is 1. The standard InChI is InChI=1S/C12H13FN6OS/c13-8-3-1-7(2-4-8)5-16-9(20)6-21-12-18-10(14)17-11(15)19-12/h1-4H,5-6H2,(H,16,20)(H4,14,15,17,18,19). The zero-order valence-electron chi connectivity index (χ0n) is 10.9. The van der Waals surface area contributed by atoms with Gasteiger partial charge in [0.25, 0.3) is 0 Å². The number of hydrogen-bond donors (Lipinski definition) is 3. The van der Waals surface area contributed by atoms with Gasteiger partial charge in [-0.2, -0.15) is 15.0 Å². The molecule has 1 aromatic heterocycles. The Morgan fingerprint density at radius 3 is 2.38 bits per heavy atom. The second-order valence-corrected chi connectivity index (χ2v) is 4.97. The first-order chi connectivity index (χ1) is 10.0. The van der Waals surface area contributed by atoms with E-state index in [-0.39, 0.29) is 34.5 Å². The molecule has 1 amide bonds. The third-order valence-electron chi connectivity index (χ3n) is 2.38. The maximum absolute atomic E-state index is 12.7. The number of nitrogens with two attached hydrogens (primary N) is 2. The van der Waals surface area contributed by atoms with E-state index in [9.17, 15) is 9.18 Å². The summed E-state index contributed by atoms with van der Waals surface area (Å²) >= 11 is 1.10. The first-order valence-corrected chi connectivity index (χ1v) is 6.92. The van der Waals surface area contributed by atoms with E-state index in [1.165, 1.54) is 12.1 Å². The lowest BCUT2D eigenvalue weighted by Gasteiger charge is -2.05. The predicted molar refractivity (Wildman–Crippen MR) is 77.6 cm³/mol. The van der Waals surface area contributed by atoms with Gasteiger partial charge in [-0.25, -0.2) is 4.39 Å². The lowest BCUT2D eigenvalue weighted by molar-refractivity contribution is -0.118. The van der Waals surface area contributed by atoms with Gasteiger partial charge >= 0.3 is 0 Å². The molecule has 0 aliphatic rings. The van der Waals surface area contributed by atoms with E-state index in [1.807, 2.05) is 0 Å². The number of benzene rings is 1. The third-order valence-corrected chi connectivity index (χ3v) is 3.23. The van der Waals surface area contributed by atoms with E-state index >= 15 is 0 Å². The minimum Gasteiger partial charge on any atom is -0.368 e. The van der Waals surface area contributed by atoms with E-state index in [2.05, 4.69) is 20.3 Å². The summed E-state index contributed by atoms with van der Waals surface area (Å²) in [5.74, 6) is -0.384. The predicted octanol–water partition coefficient (Wildman–Crippen LogP) is 0.584. The maximum Gasteiger partial charge on any atom is 0.230 e. The van der Waals surface area contributed by atoms with Crippen LogP contribution in [0, 0.1) is 5.82 Å². The van der Waals surface area contributed by atoms with Gasteiger partial charge in [0, 0.05) is 6.54 Å². The number of nitrogens with one attached hydrogen (secondary N) is 1. The summed E-state index contributed by atoms with van der Waals surface area (Å²) < 4.78 is 12.7. The van der Waals surface area contributed by atoms with E-state index in [4.69, 9.17) is 11.5 Å². The second-order valence-electron chi connectivity index (χ2n) is 4.03. The minimum atomic E-state index is -0.314. The number of halogens is 1. The number of hydrogen-bond acceptors (Lipinski definition) is 7. The zero-order valence-corrected chi connectivity index (χ0v) is 11.7. The van der Waals surface area contributed by atoms with Crippen LogP contribution in [0.5, 0.6) is 0 Å². The molecule has 0 spiro atoms. The largest absolute Gasteiger partial charge is 0.368 e. The molecule has 0 saturated heterocycles. The van der Waals surface area contributed by atoms with Crippen LogP contribution >= 0.6 is 11.8 Å². The van der Waals surface area contributed by atoms with Crippen LogP contribution in [0.2, 0.25) is 0 Å². The average Bonchev–Trinajstić information content (AvgIpc) is 2.43. The molecule has 0 aliphatic heterocycles. The van der Waals surface area contributed by atoms with Gasteiger partial charge in [-0.15, -0.1) is 0 Å². The molecule has 2 aromatic rings. The molecule has 2 rings (SSSR count). The van der Waals surface area contributed by atoms with Crippen LogP contribution in [-0.2, 0) is 11.3 Å². The maximum atomic E-state index is 12.7. The molecule has 0 aliphatic carbocycles. The molecule has 0 saturated carbocycles. The second kappa shape index (κ2) is 6.84. The molecule has 0 unspecified atom stereocenters. The van der Waals surface area contributed by atoms with Gasteiger partial charge < -0.3 is 16.8 Å². The van der Waals surface area contributed by atoms with Gasteiger partial charge in [0.1, 0.15) is 5.82 Å². The van der Waals surface area contributed by atoms with Crippen molar-refractivity contribution in [2.75, 3.05) is 17.2 Å². The Morgan fingerprint density at radius 2 is 1.76 bits per heavy atom. The Hall–Kier alpha value is -2.42. The fraction of sp³-hybridized carbons (Fsp3) is 0.167. The molecule has 7 nitrogen and oxygen atoms in total. The fourth-order valence-corrected chi connectivity index (χ4v) is 2.12. The van der Waals surface area contributed by atoms with Crippen molar-refractivity contribution in [1.82, 2.24) is 20.3 Å². The molecule has 0 atom stereocenters. The molecule has 5 N–H and O–H groups in total. The summed E-state index contributed by atoms with van der Waals surface area (Å²) in [7, 11) is 0. The quantitative estimate of drug-likeness (QED) is 0.691. The highest BCUT2D eigenvalue weighted by Crippen LogP contribution is 2.13. The Labute approximate surface area is 124 Å². The number of nitrogen functional groups attached to an aromatic ring is 2. The first-order valence-electron chi connectivity index (χ1n) is 5.94. The smallest absolute Gasteiger partial charge is 0.230 e. The van der Waals surface area contributed by atoms with Crippen molar-refractivity contribution >= 4 is 29.6 Å². The Bertz CT molecular complexity index is 616. The van der Waals surface area contributed by atoms with Crippen LogP contribution in [0.1, 0.15) is 5.56 Å². The Kier molecular flexibility index (Phi) is 4.88. The Balaban J connectivity index is 1.80. The van der Waals surface area contributed by atoms with Crippen molar-refractivity contribution in [3.8, 4) is 0 Å². The summed E-state index contributed by atoms with van der Waals surface area (Å²) in [5.41, 5.74) is 11.7. The highest BCUT2D eigenvalue weighted by atomic mass is 32.2. The molecule has 0 radical (unpaired) electrons. The van der Waals surface area contributed by atoms with Crippen molar-refractivity contribution in [3.05, 3.63) is 35.6 Å².